The minimum Gasteiger partial charge on any atom is -0.504 e. The average Bonchev–Trinajstić information content (AvgIpc) is 3.21. The van der Waals surface area contributed by atoms with E-state index in [4.69, 9.17) is 42.6 Å². The number of hydrogen-bond donors (Lipinski definition) is 11. The maximum Gasteiger partial charge on any atom is 0.331 e. The zero-order valence-corrected chi connectivity index (χ0v) is 31.3. The van der Waals surface area contributed by atoms with E-state index in [9.17, 15) is 61.0 Å². The second-order valence-corrected chi connectivity index (χ2v) is 13.6. The summed E-state index contributed by atoms with van der Waals surface area (Å²) in [4.78, 5) is 13.3. The summed E-state index contributed by atoms with van der Waals surface area (Å²) >= 11 is 0. The third-order valence-corrected chi connectivity index (χ3v) is 9.83. The van der Waals surface area contributed by atoms with Crippen LogP contribution in [0.25, 0.3) is 6.08 Å². The number of esters is 1. The molecule has 0 amide bonds. The van der Waals surface area contributed by atoms with Gasteiger partial charge in [0, 0.05) is 6.08 Å². The number of ether oxygens (including phenoxy) is 9. The van der Waals surface area contributed by atoms with Crippen molar-refractivity contribution in [3.05, 3.63) is 53.6 Å². The lowest BCUT2D eigenvalue weighted by molar-refractivity contribution is -0.389. The monoisotopic (exact) mass is 830 g/mol. The molecule has 3 heterocycles. The molecule has 2 aromatic carbocycles. The van der Waals surface area contributed by atoms with Gasteiger partial charge >= 0.3 is 5.97 Å². The fourth-order valence-electron chi connectivity index (χ4n) is 6.61. The van der Waals surface area contributed by atoms with Crippen LogP contribution in [0.15, 0.2) is 42.5 Å². The number of aliphatic hydroxyl groups excluding tert-OH is 9. The van der Waals surface area contributed by atoms with Gasteiger partial charge in [0.25, 0.3) is 0 Å². The van der Waals surface area contributed by atoms with E-state index < -0.39 is 118 Å². The molecule has 3 aliphatic rings. The molecule has 15 atom stereocenters. The van der Waals surface area contributed by atoms with Crippen LogP contribution in [0.4, 0.5) is 0 Å². The molecule has 21 nitrogen and oxygen atoms in total. The number of aliphatic hydroxyl groups is 9. The van der Waals surface area contributed by atoms with Gasteiger partial charge in [-0.3, -0.25) is 0 Å². The summed E-state index contributed by atoms with van der Waals surface area (Å²) in [5.74, 6) is -0.987. The van der Waals surface area contributed by atoms with Crippen molar-refractivity contribution in [3.63, 3.8) is 0 Å². The summed E-state index contributed by atoms with van der Waals surface area (Å²) in [6.45, 7) is -2.69. The third kappa shape index (κ3) is 10.3. The van der Waals surface area contributed by atoms with Crippen molar-refractivity contribution in [2.24, 2.45) is 0 Å². The first-order chi connectivity index (χ1) is 27.7. The van der Waals surface area contributed by atoms with E-state index in [-0.39, 0.29) is 36.0 Å². The molecule has 0 aliphatic carbocycles. The van der Waals surface area contributed by atoms with Gasteiger partial charge in [0.2, 0.25) is 0 Å². The lowest BCUT2D eigenvalue weighted by Gasteiger charge is -2.48. The standard InChI is InChI=1S/C37H50O21/c1-50-20-6-3-16(11-18(20)41)5-8-25(43)56-32-24(15-40)55-35(52-10-9-17-4-7-21(51-2)19(42)12-17)31(49)33(32)57-37-34(29(47)27(45)23(14-39)54-37)58-36-30(48)28(46)26(44)22(13-38)53-36/h3-8,11-12,22-24,26-42,44-49H,9-10,13-15H2,1-2H3/b8-5+/t22-,23-,24-,26-,27-,28+,29+,30-,31-,32-,33-,34-,35-,36+,37+/m1/s1. The second kappa shape index (κ2) is 20.5. The van der Waals surface area contributed by atoms with Crippen LogP contribution in [0.5, 0.6) is 23.0 Å². The third-order valence-electron chi connectivity index (χ3n) is 9.83. The molecule has 5 rings (SSSR count). The molecule has 0 spiro atoms. The van der Waals surface area contributed by atoms with Gasteiger partial charge in [-0.05, 0) is 47.9 Å². The van der Waals surface area contributed by atoms with Crippen molar-refractivity contribution in [3.8, 4) is 23.0 Å². The Balaban J connectivity index is 1.42. The van der Waals surface area contributed by atoms with Gasteiger partial charge in [0.1, 0.15) is 67.1 Å². The first-order valence-electron chi connectivity index (χ1n) is 18.2. The number of benzene rings is 2. The van der Waals surface area contributed by atoms with Gasteiger partial charge in [0.05, 0.1) is 40.6 Å². The molecule has 3 aliphatic heterocycles. The first kappa shape index (κ1) is 45.3. The van der Waals surface area contributed by atoms with Crippen LogP contribution in [-0.2, 0) is 44.4 Å². The zero-order valence-electron chi connectivity index (χ0n) is 31.3. The highest BCUT2D eigenvalue weighted by molar-refractivity contribution is 5.87. The van der Waals surface area contributed by atoms with E-state index in [1.807, 2.05) is 0 Å². The molecule has 0 saturated carbocycles. The minimum absolute atomic E-state index is 0.133. The van der Waals surface area contributed by atoms with Crippen LogP contribution in [0.2, 0.25) is 0 Å². The Morgan fingerprint density at radius 1 is 0.638 bits per heavy atom. The second-order valence-electron chi connectivity index (χ2n) is 13.6. The molecule has 3 saturated heterocycles. The smallest absolute Gasteiger partial charge is 0.331 e. The van der Waals surface area contributed by atoms with Gasteiger partial charge < -0.3 is 98.8 Å². The largest absolute Gasteiger partial charge is 0.504 e. The van der Waals surface area contributed by atoms with E-state index in [0.29, 0.717) is 11.1 Å². The summed E-state index contributed by atoms with van der Waals surface area (Å²) in [7, 11) is 2.74. The number of methoxy groups -OCH3 is 2. The van der Waals surface area contributed by atoms with Crippen molar-refractivity contribution < 1.29 is 104 Å². The number of phenols is 2. The highest BCUT2D eigenvalue weighted by Gasteiger charge is 2.55. The molecule has 0 aromatic heterocycles. The average molecular weight is 831 g/mol. The molecule has 324 valence electrons. The maximum atomic E-state index is 13.3. The summed E-state index contributed by atoms with van der Waals surface area (Å²) in [6.07, 6.45) is -24.2. The Morgan fingerprint density at radius 2 is 1.21 bits per heavy atom. The van der Waals surface area contributed by atoms with E-state index in [2.05, 4.69) is 0 Å². The minimum atomic E-state index is -1.99. The summed E-state index contributed by atoms with van der Waals surface area (Å²) in [6, 6.07) is 8.91. The van der Waals surface area contributed by atoms with Crippen LogP contribution in [0.3, 0.4) is 0 Å². The lowest BCUT2D eigenvalue weighted by atomic mass is 9.96. The Kier molecular flexibility index (Phi) is 16.0. The van der Waals surface area contributed by atoms with Gasteiger partial charge in [0.15, 0.2) is 48.0 Å². The molecule has 58 heavy (non-hydrogen) atoms. The van der Waals surface area contributed by atoms with Crippen LogP contribution < -0.4 is 9.47 Å². The molecule has 0 bridgehead atoms. The predicted molar refractivity (Wildman–Crippen MR) is 191 cm³/mol. The van der Waals surface area contributed by atoms with E-state index in [1.54, 1.807) is 6.07 Å². The molecule has 0 unspecified atom stereocenters. The first-order valence-corrected chi connectivity index (χ1v) is 18.2. The van der Waals surface area contributed by atoms with E-state index in [1.165, 1.54) is 50.6 Å². The number of aromatic hydroxyl groups is 2. The Labute approximate surface area is 331 Å². The lowest BCUT2D eigenvalue weighted by Crippen LogP contribution is -2.67. The number of hydrogen-bond acceptors (Lipinski definition) is 21. The van der Waals surface area contributed by atoms with Crippen LogP contribution in [-0.4, -0.2) is 195 Å². The van der Waals surface area contributed by atoms with Crippen LogP contribution in [0.1, 0.15) is 11.1 Å². The number of carbonyl (C=O) groups is 1. The quantitative estimate of drug-likeness (QED) is 0.0575. The zero-order chi connectivity index (χ0) is 42.3. The molecule has 2 aromatic rings. The van der Waals surface area contributed by atoms with Crippen LogP contribution in [0, 0.1) is 0 Å². The van der Waals surface area contributed by atoms with Crippen LogP contribution >= 0.6 is 0 Å². The number of rotatable bonds is 16. The number of phenolic OH excluding ortho intramolecular Hbond substituents is 2. The Bertz CT molecular complexity index is 1660. The fourth-order valence-corrected chi connectivity index (χ4v) is 6.61. The van der Waals surface area contributed by atoms with Gasteiger partial charge in [-0.25, -0.2) is 4.79 Å². The highest BCUT2D eigenvalue weighted by Crippen LogP contribution is 2.35. The number of carbonyl (C=O) groups excluding carboxylic acids is 1. The molecule has 0 radical (unpaired) electrons. The van der Waals surface area contributed by atoms with Crippen molar-refractivity contribution >= 4 is 12.0 Å². The molecule has 21 heteroatoms. The SMILES string of the molecule is COc1ccc(/C=C/C(=O)O[C@H]2[C@H](O[C@@H]3O[C@H](CO)[C@@H](O)[C@H](O)[C@H]3O[C@@H]3O[C@H](CO)[C@@H](O)[C@H](O)[C@H]3O)[C@@H](O)[C@H](OCCc3ccc(OC)c(O)c3)O[C@@H]2CO)cc1O. The van der Waals surface area contributed by atoms with Crippen molar-refractivity contribution in [2.75, 3.05) is 40.6 Å². The maximum absolute atomic E-state index is 13.3. The molecule has 3 fully saturated rings. The van der Waals surface area contributed by atoms with E-state index in [0.717, 1.165) is 6.08 Å². The van der Waals surface area contributed by atoms with Gasteiger partial charge in [-0.2, -0.15) is 0 Å². The van der Waals surface area contributed by atoms with Gasteiger partial charge in [-0.15, -0.1) is 0 Å². The Hall–Kier alpha value is -3.75. The normalized spacial score (nSPS) is 35.5. The highest BCUT2D eigenvalue weighted by atomic mass is 16.8. The molecular weight excluding hydrogens is 780 g/mol. The predicted octanol–water partition coefficient (Wildman–Crippen LogP) is -3.61. The van der Waals surface area contributed by atoms with Gasteiger partial charge in [-0.1, -0.05) is 12.1 Å². The molecule has 11 N–H and O–H groups in total. The van der Waals surface area contributed by atoms with Crippen molar-refractivity contribution in [1.29, 1.82) is 0 Å². The summed E-state index contributed by atoms with van der Waals surface area (Å²) < 4.78 is 50.4. The topological polar surface area (TPSA) is 323 Å². The molecular formula is C37H50O21. The summed E-state index contributed by atoms with van der Waals surface area (Å²) in [5.41, 5.74) is 0.956. The van der Waals surface area contributed by atoms with Crippen molar-refractivity contribution in [1.82, 2.24) is 0 Å². The van der Waals surface area contributed by atoms with Crippen molar-refractivity contribution in [2.45, 2.75) is 98.5 Å². The fraction of sp³-hybridized carbons (Fsp3) is 0.595. The van der Waals surface area contributed by atoms with E-state index >= 15 is 0 Å². The summed E-state index contributed by atoms with van der Waals surface area (Å²) in [5, 5.41) is 115. The Morgan fingerprint density at radius 3 is 1.81 bits per heavy atom.